The van der Waals surface area contributed by atoms with Crippen molar-refractivity contribution < 1.29 is 19.7 Å². The van der Waals surface area contributed by atoms with Crippen LogP contribution in [0.2, 0.25) is 0 Å². The molecule has 1 heterocycles. The molecule has 0 saturated carbocycles. The molecule has 0 aliphatic carbocycles. The van der Waals surface area contributed by atoms with Gasteiger partial charge in [-0.05, 0) is 6.42 Å². The van der Waals surface area contributed by atoms with Gasteiger partial charge < -0.3 is 19.9 Å². The number of rotatable bonds is 6. The summed E-state index contributed by atoms with van der Waals surface area (Å²) in [6.45, 7) is -0.577. The number of ether oxygens (including phenoxy) is 1. The van der Waals surface area contributed by atoms with Crippen molar-refractivity contribution in [3.8, 4) is 0 Å². The predicted molar refractivity (Wildman–Crippen MR) is 51.0 cm³/mol. The number of carbonyl (C=O) groups is 1. The second-order valence-electron chi connectivity index (χ2n) is 3.10. The fourth-order valence-electron chi connectivity index (χ4n) is 0.972. The van der Waals surface area contributed by atoms with Crippen LogP contribution in [0.5, 0.6) is 0 Å². The Morgan fingerprint density at radius 1 is 1.67 bits per heavy atom. The lowest BCUT2D eigenvalue weighted by atomic mass is 10.2. The summed E-state index contributed by atoms with van der Waals surface area (Å²) in [5.41, 5.74) is 0.856. The number of nitrogens with one attached hydrogen (secondary N) is 1. The average Bonchev–Trinajstić information content (AvgIpc) is 2.75. The van der Waals surface area contributed by atoms with Crippen molar-refractivity contribution in [2.45, 2.75) is 18.9 Å². The third-order valence-corrected chi connectivity index (χ3v) is 1.80. The lowest BCUT2D eigenvalue weighted by Gasteiger charge is -2.07. The Hall–Kier alpha value is -1.40. The summed E-state index contributed by atoms with van der Waals surface area (Å²) in [7, 11) is 0. The van der Waals surface area contributed by atoms with Crippen molar-refractivity contribution in [1.82, 2.24) is 9.97 Å². The van der Waals surface area contributed by atoms with Crippen LogP contribution in [0.4, 0.5) is 0 Å². The zero-order valence-corrected chi connectivity index (χ0v) is 8.22. The van der Waals surface area contributed by atoms with Crippen molar-refractivity contribution in [1.29, 1.82) is 0 Å². The number of nitrogens with zero attached hydrogens (tertiary/aromatic N) is 1. The molecular weight excluding hydrogens is 200 g/mol. The van der Waals surface area contributed by atoms with Gasteiger partial charge in [0.25, 0.3) is 0 Å². The van der Waals surface area contributed by atoms with Crippen LogP contribution in [-0.4, -0.2) is 45.5 Å². The Morgan fingerprint density at radius 3 is 3.07 bits per heavy atom. The molecule has 6 nitrogen and oxygen atoms in total. The van der Waals surface area contributed by atoms with Crippen LogP contribution in [-0.2, 0) is 16.0 Å². The molecule has 84 valence electrons. The first-order chi connectivity index (χ1) is 7.22. The van der Waals surface area contributed by atoms with E-state index >= 15 is 0 Å². The number of aromatic amines is 1. The van der Waals surface area contributed by atoms with Crippen molar-refractivity contribution >= 4 is 5.97 Å². The minimum Gasteiger partial charge on any atom is -0.463 e. The fraction of sp³-hybridized carbons (Fsp3) is 0.556. The quantitative estimate of drug-likeness (QED) is 0.541. The number of hydrogen-bond donors (Lipinski definition) is 3. The number of hydrogen-bond acceptors (Lipinski definition) is 5. The van der Waals surface area contributed by atoms with E-state index < -0.39 is 18.7 Å². The topological polar surface area (TPSA) is 95.4 Å². The monoisotopic (exact) mass is 214 g/mol. The van der Waals surface area contributed by atoms with Crippen molar-refractivity contribution in [3.05, 3.63) is 18.2 Å². The van der Waals surface area contributed by atoms with E-state index in [1.165, 1.54) is 6.33 Å². The SMILES string of the molecule is O=C(CCc1cnc[nH]1)OCC(O)CO. The first-order valence-corrected chi connectivity index (χ1v) is 4.64. The van der Waals surface area contributed by atoms with Crippen LogP contribution in [0, 0.1) is 0 Å². The molecule has 15 heavy (non-hydrogen) atoms. The lowest BCUT2D eigenvalue weighted by Crippen LogP contribution is -2.22. The molecule has 1 aromatic rings. The summed E-state index contributed by atoms with van der Waals surface area (Å²) in [5.74, 6) is -0.405. The maximum atomic E-state index is 11.1. The smallest absolute Gasteiger partial charge is 0.306 e. The molecule has 1 atom stereocenters. The van der Waals surface area contributed by atoms with Gasteiger partial charge in [-0.15, -0.1) is 0 Å². The Kier molecular flexibility index (Phi) is 4.79. The zero-order chi connectivity index (χ0) is 11.1. The van der Waals surface area contributed by atoms with Crippen LogP contribution in [0.25, 0.3) is 0 Å². The van der Waals surface area contributed by atoms with E-state index in [0.29, 0.717) is 6.42 Å². The standard InChI is InChI=1S/C9H14N2O4/c12-4-8(13)5-15-9(14)2-1-7-3-10-6-11-7/h3,6,8,12-13H,1-2,4-5H2,(H,10,11). The minimum absolute atomic E-state index is 0.168. The third-order valence-electron chi connectivity index (χ3n) is 1.80. The molecule has 3 N–H and O–H groups in total. The molecule has 1 unspecified atom stereocenters. The largest absolute Gasteiger partial charge is 0.463 e. The molecule has 1 aromatic heterocycles. The number of imidazole rings is 1. The molecule has 0 spiro atoms. The van der Waals surface area contributed by atoms with Gasteiger partial charge in [0.2, 0.25) is 0 Å². The summed E-state index contributed by atoms with van der Waals surface area (Å²) in [5, 5.41) is 17.4. The lowest BCUT2D eigenvalue weighted by molar-refractivity contribution is -0.147. The van der Waals surface area contributed by atoms with E-state index in [1.54, 1.807) is 6.20 Å². The molecule has 0 fully saturated rings. The number of aliphatic hydroxyl groups excluding tert-OH is 2. The van der Waals surface area contributed by atoms with Gasteiger partial charge >= 0.3 is 5.97 Å². The van der Waals surface area contributed by atoms with E-state index in [1.807, 2.05) is 0 Å². The average molecular weight is 214 g/mol. The second-order valence-corrected chi connectivity index (χ2v) is 3.10. The summed E-state index contributed by atoms with van der Waals surface area (Å²) in [6.07, 6.45) is 2.92. The first-order valence-electron chi connectivity index (χ1n) is 4.64. The first kappa shape index (κ1) is 11.7. The number of aromatic nitrogens is 2. The number of esters is 1. The highest BCUT2D eigenvalue weighted by Crippen LogP contribution is 1.98. The molecule has 0 saturated heterocycles. The highest BCUT2D eigenvalue weighted by Gasteiger charge is 2.08. The summed E-state index contributed by atoms with van der Waals surface area (Å²) in [4.78, 5) is 17.8. The van der Waals surface area contributed by atoms with E-state index in [9.17, 15) is 4.79 Å². The molecule has 1 rings (SSSR count). The maximum absolute atomic E-state index is 11.1. The van der Waals surface area contributed by atoms with Crippen molar-refractivity contribution in [2.75, 3.05) is 13.2 Å². The highest BCUT2D eigenvalue weighted by molar-refractivity contribution is 5.69. The van der Waals surface area contributed by atoms with Gasteiger partial charge in [0.05, 0.1) is 19.4 Å². The van der Waals surface area contributed by atoms with Crippen LogP contribution in [0.1, 0.15) is 12.1 Å². The van der Waals surface area contributed by atoms with Crippen LogP contribution < -0.4 is 0 Å². The minimum atomic E-state index is -0.999. The zero-order valence-electron chi connectivity index (χ0n) is 8.22. The van der Waals surface area contributed by atoms with Gasteiger partial charge in [-0.3, -0.25) is 4.79 Å². The predicted octanol–water partition coefficient (Wildman–Crippen LogP) is -0.761. The van der Waals surface area contributed by atoms with E-state index in [2.05, 4.69) is 9.97 Å². The van der Waals surface area contributed by atoms with Gasteiger partial charge in [0.1, 0.15) is 12.7 Å². The molecule has 0 aliphatic rings. The summed E-state index contributed by atoms with van der Waals surface area (Å²) >= 11 is 0. The van der Waals surface area contributed by atoms with E-state index in [0.717, 1.165) is 5.69 Å². The second kappa shape index (κ2) is 6.15. The highest BCUT2D eigenvalue weighted by atomic mass is 16.5. The van der Waals surface area contributed by atoms with E-state index in [4.69, 9.17) is 14.9 Å². The van der Waals surface area contributed by atoms with Gasteiger partial charge in [0, 0.05) is 11.9 Å². The summed E-state index contributed by atoms with van der Waals surface area (Å²) in [6, 6.07) is 0. The van der Waals surface area contributed by atoms with Crippen molar-refractivity contribution in [2.24, 2.45) is 0 Å². The number of aliphatic hydroxyl groups is 2. The molecule has 0 amide bonds. The number of H-pyrrole nitrogens is 1. The maximum Gasteiger partial charge on any atom is 0.306 e. The molecule has 6 heteroatoms. The van der Waals surface area contributed by atoms with Gasteiger partial charge in [-0.25, -0.2) is 4.98 Å². The van der Waals surface area contributed by atoms with Crippen LogP contribution >= 0.6 is 0 Å². The Balaban J connectivity index is 2.14. The normalized spacial score (nSPS) is 12.4. The Labute approximate surface area is 86.9 Å². The Morgan fingerprint density at radius 2 is 2.47 bits per heavy atom. The van der Waals surface area contributed by atoms with Gasteiger partial charge in [-0.1, -0.05) is 0 Å². The molecule has 0 aromatic carbocycles. The van der Waals surface area contributed by atoms with Crippen LogP contribution in [0.15, 0.2) is 12.5 Å². The molecule has 0 radical (unpaired) electrons. The van der Waals surface area contributed by atoms with Crippen LogP contribution in [0.3, 0.4) is 0 Å². The molecular formula is C9H14N2O4. The summed E-state index contributed by atoms with van der Waals surface area (Å²) < 4.78 is 4.71. The molecule has 0 aliphatic heterocycles. The Bertz CT molecular complexity index is 286. The molecule has 0 bridgehead atoms. The fourth-order valence-corrected chi connectivity index (χ4v) is 0.972. The number of carbonyl (C=O) groups excluding carboxylic acids is 1. The van der Waals surface area contributed by atoms with Gasteiger partial charge in [0.15, 0.2) is 0 Å². The van der Waals surface area contributed by atoms with Crippen molar-refractivity contribution in [3.63, 3.8) is 0 Å². The third kappa shape index (κ3) is 4.57. The van der Waals surface area contributed by atoms with E-state index in [-0.39, 0.29) is 13.0 Å². The number of aryl methyl sites for hydroxylation is 1. The van der Waals surface area contributed by atoms with Gasteiger partial charge in [-0.2, -0.15) is 0 Å².